The molecule has 0 saturated heterocycles. The molecule has 0 atom stereocenters. The minimum Gasteiger partial charge on any atom is -0.386 e. The zero-order valence-electron chi connectivity index (χ0n) is 9.51. The molecule has 3 rings (SSSR count). The maximum atomic E-state index is 3.80. The standard InChI is InChI=1S/C12H13N5/c1-13-12-5-14-11-3-2-9(4-10(11)12)6-17-7-15-16-8-17/h2-5,7-8,13-14H,6H2,1H3. The van der Waals surface area contributed by atoms with Crippen LogP contribution in [-0.4, -0.2) is 26.8 Å². The molecular weight excluding hydrogens is 214 g/mol. The van der Waals surface area contributed by atoms with E-state index in [4.69, 9.17) is 0 Å². The van der Waals surface area contributed by atoms with Gasteiger partial charge in [-0.3, -0.25) is 0 Å². The highest BCUT2D eigenvalue weighted by Crippen LogP contribution is 2.23. The molecule has 0 aliphatic carbocycles. The Bertz CT molecular complexity index is 623. The summed E-state index contributed by atoms with van der Waals surface area (Å²) in [6.07, 6.45) is 5.42. The van der Waals surface area contributed by atoms with Crippen molar-refractivity contribution in [2.24, 2.45) is 0 Å². The number of rotatable bonds is 3. The summed E-state index contributed by atoms with van der Waals surface area (Å²) in [5.74, 6) is 0. The van der Waals surface area contributed by atoms with E-state index in [1.54, 1.807) is 12.7 Å². The Morgan fingerprint density at radius 2 is 2.12 bits per heavy atom. The van der Waals surface area contributed by atoms with Gasteiger partial charge in [-0.2, -0.15) is 0 Å². The second kappa shape index (κ2) is 3.93. The van der Waals surface area contributed by atoms with Crippen LogP contribution in [0.2, 0.25) is 0 Å². The molecule has 0 aliphatic rings. The summed E-state index contributed by atoms with van der Waals surface area (Å²) >= 11 is 0. The highest BCUT2D eigenvalue weighted by atomic mass is 15.2. The van der Waals surface area contributed by atoms with E-state index in [9.17, 15) is 0 Å². The fraction of sp³-hybridized carbons (Fsp3) is 0.167. The largest absolute Gasteiger partial charge is 0.386 e. The summed E-state index contributed by atoms with van der Waals surface area (Å²) in [4.78, 5) is 3.23. The molecule has 1 aromatic carbocycles. The zero-order chi connectivity index (χ0) is 11.7. The third-order valence-electron chi connectivity index (χ3n) is 2.85. The van der Waals surface area contributed by atoms with Gasteiger partial charge >= 0.3 is 0 Å². The predicted molar refractivity (Wildman–Crippen MR) is 67.0 cm³/mol. The molecule has 2 heterocycles. The van der Waals surface area contributed by atoms with Crippen molar-refractivity contribution < 1.29 is 0 Å². The topological polar surface area (TPSA) is 58.5 Å². The number of benzene rings is 1. The van der Waals surface area contributed by atoms with Crippen LogP contribution in [0.1, 0.15) is 5.56 Å². The number of anilines is 1. The fourth-order valence-corrected chi connectivity index (χ4v) is 1.99. The van der Waals surface area contributed by atoms with Crippen LogP contribution in [0.3, 0.4) is 0 Å². The molecule has 0 aliphatic heterocycles. The van der Waals surface area contributed by atoms with Crippen LogP contribution < -0.4 is 5.32 Å². The van der Waals surface area contributed by atoms with Gasteiger partial charge < -0.3 is 14.9 Å². The highest BCUT2D eigenvalue weighted by Gasteiger charge is 2.03. The number of hydrogen-bond acceptors (Lipinski definition) is 3. The lowest BCUT2D eigenvalue weighted by atomic mass is 10.1. The van der Waals surface area contributed by atoms with Gasteiger partial charge in [0.15, 0.2) is 0 Å². The van der Waals surface area contributed by atoms with Gasteiger partial charge in [-0.05, 0) is 17.7 Å². The monoisotopic (exact) mass is 227 g/mol. The van der Waals surface area contributed by atoms with Crippen molar-refractivity contribution >= 4 is 16.6 Å². The van der Waals surface area contributed by atoms with E-state index < -0.39 is 0 Å². The van der Waals surface area contributed by atoms with E-state index >= 15 is 0 Å². The maximum Gasteiger partial charge on any atom is 0.119 e. The Balaban J connectivity index is 2.00. The first-order chi connectivity index (χ1) is 8.36. The second-order valence-electron chi connectivity index (χ2n) is 3.97. The van der Waals surface area contributed by atoms with Crippen LogP contribution in [0.4, 0.5) is 5.69 Å². The van der Waals surface area contributed by atoms with Gasteiger partial charge in [-0.25, -0.2) is 0 Å². The molecule has 3 aromatic rings. The molecule has 0 bridgehead atoms. The first-order valence-corrected chi connectivity index (χ1v) is 5.47. The van der Waals surface area contributed by atoms with Gasteiger partial charge in [0.2, 0.25) is 0 Å². The first-order valence-electron chi connectivity index (χ1n) is 5.47. The molecule has 0 saturated carbocycles. The number of hydrogen-bond donors (Lipinski definition) is 2. The molecule has 0 amide bonds. The van der Waals surface area contributed by atoms with E-state index in [0.29, 0.717) is 0 Å². The van der Waals surface area contributed by atoms with Crippen molar-refractivity contribution in [3.8, 4) is 0 Å². The minimum atomic E-state index is 0.789. The van der Waals surface area contributed by atoms with Gasteiger partial charge in [-0.1, -0.05) is 6.07 Å². The lowest BCUT2D eigenvalue weighted by molar-refractivity contribution is 0.795. The number of aromatic amines is 1. The number of nitrogens with zero attached hydrogens (tertiary/aromatic N) is 3. The molecular formula is C12H13N5. The van der Waals surface area contributed by atoms with Crippen molar-refractivity contribution in [2.75, 3.05) is 12.4 Å². The lowest BCUT2D eigenvalue weighted by Gasteiger charge is -2.03. The number of fused-ring (bicyclic) bond motifs is 1. The van der Waals surface area contributed by atoms with Crippen molar-refractivity contribution in [2.45, 2.75) is 6.54 Å². The SMILES string of the molecule is CNc1c[nH]c2ccc(Cn3cnnc3)cc12. The highest BCUT2D eigenvalue weighted by molar-refractivity contribution is 5.92. The molecule has 0 fully saturated rings. The summed E-state index contributed by atoms with van der Waals surface area (Å²) in [6.45, 7) is 0.789. The molecule has 0 spiro atoms. The van der Waals surface area contributed by atoms with Crippen LogP contribution in [0.5, 0.6) is 0 Å². The summed E-state index contributed by atoms with van der Waals surface area (Å²) in [6, 6.07) is 6.38. The molecule has 5 heteroatoms. The minimum absolute atomic E-state index is 0.789. The normalized spacial score (nSPS) is 10.9. The molecule has 0 radical (unpaired) electrons. The number of aromatic nitrogens is 4. The number of H-pyrrole nitrogens is 1. The van der Waals surface area contributed by atoms with Gasteiger partial charge in [-0.15, -0.1) is 10.2 Å². The van der Waals surface area contributed by atoms with Gasteiger partial charge in [0.05, 0.1) is 12.2 Å². The van der Waals surface area contributed by atoms with Crippen molar-refractivity contribution in [1.29, 1.82) is 0 Å². The lowest BCUT2D eigenvalue weighted by Crippen LogP contribution is -1.96. The van der Waals surface area contributed by atoms with E-state index in [0.717, 1.165) is 17.7 Å². The molecule has 2 aromatic heterocycles. The van der Waals surface area contributed by atoms with E-state index in [2.05, 4.69) is 38.7 Å². The Hall–Kier alpha value is -2.30. The van der Waals surface area contributed by atoms with Crippen LogP contribution in [0, 0.1) is 0 Å². The average molecular weight is 227 g/mol. The third kappa shape index (κ3) is 1.75. The summed E-state index contributed by atoms with van der Waals surface area (Å²) in [5, 5.41) is 12.0. The van der Waals surface area contributed by atoms with E-state index in [-0.39, 0.29) is 0 Å². The van der Waals surface area contributed by atoms with Gasteiger partial charge in [0.1, 0.15) is 12.7 Å². The van der Waals surface area contributed by atoms with Crippen LogP contribution >= 0.6 is 0 Å². The predicted octanol–water partition coefficient (Wildman–Crippen LogP) is 1.85. The third-order valence-corrected chi connectivity index (χ3v) is 2.85. The second-order valence-corrected chi connectivity index (χ2v) is 3.97. The summed E-state index contributed by atoms with van der Waals surface area (Å²) < 4.78 is 1.95. The Labute approximate surface area is 98.5 Å². The summed E-state index contributed by atoms with van der Waals surface area (Å²) in [7, 11) is 1.93. The van der Waals surface area contributed by atoms with Gasteiger partial charge in [0.25, 0.3) is 0 Å². The van der Waals surface area contributed by atoms with Crippen molar-refractivity contribution in [3.63, 3.8) is 0 Å². The maximum absolute atomic E-state index is 3.80. The molecule has 86 valence electrons. The first kappa shape index (κ1) is 9.89. The Morgan fingerprint density at radius 1 is 1.29 bits per heavy atom. The van der Waals surface area contributed by atoms with E-state index in [1.165, 1.54) is 10.9 Å². The number of nitrogens with one attached hydrogen (secondary N) is 2. The molecule has 5 nitrogen and oxygen atoms in total. The quantitative estimate of drug-likeness (QED) is 0.718. The fourth-order valence-electron chi connectivity index (χ4n) is 1.99. The summed E-state index contributed by atoms with van der Waals surface area (Å²) in [5.41, 5.74) is 3.49. The van der Waals surface area contributed by atoms with Crippen molar-refractivity contribution in [3.05, 3.63) is 42.6 Å². The van der Waals surface area contributed by atoms with E-state index in [1.807, 2.05) is 17.8 Å². The van der Waals surface area contributed by atoms with Crippen LogP contribution in [0.25, 0.3) is 10.9 Å². The average Bonchev–Trinajstić information content (AvgIpc) is 2.97. The van der Waals surface area contributed by atoms with Crippen molar-refractivity contribution in [1.82, 2.24) is 19.7 Å². The molecule has 2 N–H and O–H groups in total. The van der Waals surface area contributed by atoms with Gasteiger partial charge in [0, 0.05) is 24.1 Å². The Kier molecular flexibility index (Phi) is 2.29. The molecule has 17 heavy (non-hydrogen) atoms. The molecule has 0 unspecified atom stereocenters. The smallest absolute Gasteiger partial charge is 0.119 e. The van der Waals surface area contributed by atoms with Crippen LogP contribution in [0.15, 0.2) is 37.1 Å². The zero-order valence-corrected chi connectivity index (χ0v) is 9.51. The van der Waals surface area contributed by atoms with Crippen LogP contribution in [-0.2, 0) is 6.54 Å². The Morgan fingerprint density at radius 3 is 2.88 bits per heavy atom.